The summed E-state index contributed by atoms with van der Waals surface area (Å²) < 4.78 is 7.77. The number of fused-ring (bicyclic) bond motifs is 2. The van der Waals surface area contributed by atoms with Crippen molar-refractivity contribution in [2.75, 3.05) is 32.8 Å². The highest BCUT2D eigenvalue weighted by molar-refractivity contribution is 6.16. The fraction of sp³-hybridized carbons (Fsp3) is 0.250. The van der Waals surface area contributed by atoms with Crippen LogP contribution in [-0.4, -0.2) is 48.1 Å². The third-order valence-corrected chi connectivity index (χ3v) is 6.46. The van der Waals surface area contributed by atoms with Crippen molar-refractivity contribution in [3.05, 3.63) is 89.6 Å². The van der Waals surface area contributed by atoms with Crippen molar-refractivity contribution in [1.82, 2.24) is 9.47 Å². The van der Waals surface area contributed by atoms with Gasteiger partial charge in [0.15, 0.2) is 5.78 Å². The fourth-order valence-electron chi connectivity index (χ4n) is 4.74. The van der Waals surface area contributed by atoms with Crippen LogP contribution in [0.3, 0.4) is 0 Å². The molecular weight excluding hydrogens is 396 g/mol. The van der Waals surface area contributed by atoms with Gasteiger partial charge in [-0.2, -0.15) is 0 Å². The highest BCUT2D eigenvalue weighted by Crippen LogP contribution is 2.27. The second-order valence-electron chi connectivity index (χ2n) is 8.35. The Balaban J connectivity index is 1.46. The molecule has 1 saturated heterocycles. The number of ketones is 1. The SMILES string of the molecule is Cc1c(C(=O)C=Cc2cccc3ccccc23)c2ccccc2n1CCN1CCOCC1. The van der Waals surface area contributed by atoms with Gasteiger partial charge in [-0.3, -0.25) is 9.69 Å². The molecule has 5 rings (SSSR count). The smallest absolute Gasteiger partial charge is 0.188 e. The molecule has 4 heteroatoms. The topological polar surface area (TPSA) is 34.5 Å². The lowest BCUT2D eigenvalue weighted by Crippen LogP contribution is -2.38. The highest BCUT2D eigenvalue weighted by Gasteiger charge is 2.19. The standard InChI is InChI=1S/C28H28N2O2/c1-21-28(27(31)14-13-23-9-6-8-22-7-2-3-10-24(22)23)25-11-4-5-12-26(25)30(21)16-15-29-17-19-32-20-18-29/h2-14H,15-20H2,1H3. The van der Waals surface area contributed by atoms with E-state index in [9.17, 15) is 4.79 Å². The summed E-state index contributed by atoms with van der Waals surface area (Å²) in [5, 5.41) is 3.36. The number of aromatic nitrogens is 1. The van der Waals surface area contributed by atoms with E-state index in [1.165, 1.54) is 5.39 Å². The van der Waals surface area contributed by atoms with E-state index in [0.717, 1.165) is 72.5 Å². The Morgan fingerprint density at radius 1 is 0.906 bits per heavy atom. The summed E-state index contributed by atoms with van der Waals surface area (Å²) in [5.74, 6) is 0.0526. The quantitative estimate of drug-likeness (QED) is 0.310. The number of hydrogen-bond acceptors (Lipinski definition) is 3. The fourth-order valence-corrected chi connectivity index (χ4v) is 4.74. The predicted octanol–water partition coefficient (Wildman–Crippen LogP) is 5.33. The second-order valence-corrected chi connectivity index (χ2v) is 8.35. The third kappa shape index (κ3) is 3.99. The Hall–Kier alpha value is -3.21. The van der Waals surface area contributed by atoms with Crippen molar-refractivity contribution in [3.63, 3.8) is 0 Å². The van der Waals surface area contributed by atoms with Gasteiger partial charge in [0.25, 0.3) is 0 Å². The van der Waals surface area contributed by atoms with Gasteiger partial charge in [0.1, 0.15) is 0 Å². The normalized spacial score (nSPS) is 15.2. The largest absolute Gasteiger partial charge is 0.379 e. The van der Waals surface area contributed by atoms with Gasteiger partial charge in [-0.05, 0) is 35.4 Å². The molecule has 3 aromatic carbocycles. The van der Waals surface area contributed by atoms with Crippen molar-refractivity contribution in [1.29, 1.82) is 0 Å². The Labute approximate surface area is 188 Å². The molecular formula is C28H28N2O2. The van der Waals surface area contributed by atoms with Crippen molar-refractivity contribution in [2.45, 2.75) is 13.5 Å². The predicted molar refractivity (Wildman–Crippen MR) is 131 cm³/mol. The first-order chi connectivity index (χ1) is 15.7. The number of allylic oxidation sites excluding steroid dienone is 1. The molecule has 4 aromatic rings. The summed E-state index contributed by atoms with van der Waals surface area (Å²) in [6.07, 6.45) is 3.67. The van der Waals surface area contributed by atoms with E-state index in [-0.39, 0.29) is 5.78 Å². The van der Waals surface area contributed by atoms with E-state index in [2.05, 4.69) is 52.8 Å². The lowest BCUT2D eigenvalue weighted by Gasteiger charge is -2.27. The minimum absolute atomic E-state index is 0.0526. The highest BCUT2D eigenvalue weighted by atomic mass is 16.5. The summed E-state index contributed by atoms with van der Waals surface area (Å²) in [6, 6.07) is 22.7. The first kappa shape index (κ1) is 20.7. The van der Waals surface area contributed by atoms with Crippen molar-refractivity contribution < 1.29 is 9.53 Å². The van der Waals surface area contributed by atoms with Crippen LogP contribution in [0.15, 0.2) is 72.8 Å². The van der Waals surface area contributed by atoms with Gasteiger partial charge in [-0.25, -0.2) is 0 Å². The molecule has 1 aliphatic rings. The van der Waals surface area contributed by atoms with Crippen LogP contribution in [0.2, 0.25) is 0 Å². The van der Waals surface area contributed by atoms with Gasteiger partial charge in [0.2, 0.25) is 0 Å². The molecule has 0 aliphatic carbocycles. The number of hydrogen-bond donors (Lipinski definition) is 0. The number of benzene rings is 3. The Bertz CT molecular complexity index is 1290. The van der Waals surface area contributed by atoms with Crippen molar-refractivity contribution >= 4 is 33.5 Å². The summed E-state index contributed by atoms with van der Waals surface area (Å²) in [7, 11) is 0. The van der Waals surface area contributed by atoms with Gasteiger partial charge in [0.05, 0.1) is 18.8 Å². The maximum absolute atomic E-state index is 13.4. The molecule has 4 nitrogen and oxygen atoms in total. The third-order valence-electron chi connectivity index (χ3n) is 6.46. The van der Waals surface area contributed by atoms with E-state index in [4.69, 9.17) is 4.74 Å². The van der Waals surface area contributed by atoms with Crippen LogP contribution in [0.25, 0.3) is 27.8 Å². The van der Waals surface area contributed by atoms with Crippen LogP contribution in [0.5, 0.6) is 0 Å². The number of morpholine rings is 1. The molecule has 0 unspecified atom stereocenters. The monoisotopic (exact) mass is 424 g/mol. The van der Waals surface area contributed by atoms with Gasteiger partial charge < -0.3 is 9.30 Å². The van der Waals surface area contributed by atoms with Gasteiger partial charge in [0, 0.05) is 42.8 Å². The van der Waals surface area contributed by atoms with Crippen LogP contribution in [0.4, 0.5) is 0 Å². The molecule has 0 atom stereocenters. The number of nitrogens with zero attached hydrogens (tertiary/aromatic N) is 2. The average Bonchev–Trinajstić information content (AvgIpc) is 3.13. The molecule has 1 aliphatic heterocycles. The van der Waals surface area contributed by atoms with E-state index >= 15 is 0 Å². The molecule has 1 fully saturated rings. The number of para-hydroxylation sites is 1. The van der Waals surface area contributed by atoms with E-state index < -0.39 is 0 Å². The summed E-state index contributed by atoms with van der Waals surface area (Å²) in [5.41, 5.74) is 4.02. The number of ether oxygens (including phenoxy) is 1. The first-order valence-electron chi connectivity index (χ1n) is 11.3. The molecule has 32 heavy (non-hydrogen) atoms. The Morgan fingerprint density at radius 3 is 2.47 bits per heavy atom. The minimum atomic E-state index is 0.0526. The Kier molecular flexibility index (Phi) is 5.89. The lowest BCUT2D eigenvalue weighted by atomic mass is 10.0. The van der Waals surface area contributed by atoms with E-state index in [1.807, 2.05) is 36.4 Å². The van der Waals surface area contributed by atoms with Crippen LogP contribution in [0, 0.1) is 6.92 Å². The van der Waals surface area contributed by atoms with Crippen molar-refractivity contribution in [3.8, 4) is 0 Å². The molecule has 0 spiro atoms. The summed E-state index contributed by atoms with van der Waals surface area (Å²) in [6.45, 7) is 7.44. The number of carbonyl (C=O) groups excluding carboxylic acids is 1. The van der Waals surface area contributed by atoms with Crippen molar-refractivity contribution in [2.24, 2.45) is 0 Å². The minimum Gasteiger partial charge on any atom is -0.379 e. The Morgan fingerprint density at radius 2 is 1.62 bits per heavy atom. The van der Waals surface area contributed by atoms with E-state index in [1.54, 1.807) is 6.08 Å². The number of rotatable bonds is 6. The molecule has 0 amide bonds. The number of carbonyl (C=O) groups is 1. The molecule has 0 bridgehead atoms. The molecule has 0 saturated carbocycles. The molecule has 1 aromatic heterocycles. The molecule has 0 N–H and O–H groups in total. The van der Waals surface area contributed by atoms with Gasteiger partial charge >= 0.3 is 0 Å². The van der Waals surface area contributed by atoms with Crippen LogP contribution < -0.4 is 0 Å². The van der Waals surface area contributed by atoms with Crippen LogP contribution in [-0.2, 0) is 11.3 Å². The maximum atomic E-state index is 13.4. The van der Waals surface area contributed by atoms with Crippen LogP contribution >= 0.6 is 0 Å². The van der Waals surface area contributed by atoms with Gasteiger partial charge in [-0.1, -0.05) is 66.7 Å². The zero-order chi connectivity index (χ0) is 21.9. The lowest BCUT2D eigenvalue weighted by molar-refractivity contribution is 0.0365. The zero-order valence-electron chi connectivity index (χ0n) is 18.5. The molecule has 0 radical (unpaired) electrons. The van der Waals surface area contributed by atoms with Gasteiger partial charge in [-0.15, -0.1) is 0 Å². The molecule has 162 valence electrons. The zero-order valence-corrected chi connectivity index (χ0v) is 18.5. The first-order valence-corrected chi connectivity index (χ1v) is 11.3. The molecule has 2 heterocycles. The second kappa shape index (κ2) is 9.11. The average molecular weight is 425 g/mol. The summed E-state index contributed by atoms with van der Waals surface area (Å²) >= 11 is 0. The summed E-state index contributed by atoms with van der Waals surface area (Å²) in [4.78, 5) is 15.8. The van der Waals surface area contributed by atoms with E-state index in [0.29, 0.717) is 0 Å². The maximum Gasteiger partial charge on any atom is 0.188 e. The van der Waals surface area contributed by atoms with Crippen LogP contribution in [0.1, 0.15) is 21.6 Å².